The van der Waals surface area contributed by atoms with Crippen LogP contribution >= 0.6 is 0 Å². The van der Waals surface area contributed by atoms with Gasteiger partial charge in [0.25, 0.3) is 0 Å². The summed E-state index contributed by atoms with van der Waals surface area (Å²) in [6, 6.07) is 5.19. The molecule has 1 saturated heterocycles. The van der Waals surface area contributed by atoms with Crippen molar-refractivity contribution in [1.29, 1.82) is 0 Å². The Labute approximate surface area is 132 Å². The molecule has 1 aromatic carbocycles. The number of hydrogen-bond acceptors (Lipinski definition) is 4. The second-order valence-electron chi connectivity index (χ2n) is 5.49. The van der Waals surface area contributed by atoms with E-state index in [1.165, 1.54) is 36.2 Å². The minimum absolute atomic E-state index is 0.0146. The van der Waals surface area contributed by atoms with E-state index in [0.29, 0.717) is 12.0 Å². The predicted octanol–water partition coefficient (Wildman–Crippen LogP) is 1.98. The Kier molecular flexibility index (Phi) is 4.88. The smallest absolute Gasteiger partial charge is 0.406 e. The van der Waals surface area contributed by atoms with Crippen molar-refractivity contribution < 1.29 is 31.1 Å². The minimum Gasteiger partial charge on any atom is -0.406 e. The molecule has 128 valence electrons. The number of rotatable bonds is 4. The van der Waals surface area contributed by atoms with Crippen molar-refractivity contribution in [2.75, 3.05) is 18.6 Å². The van der Waals surface area contributed by atoms with Gasteiger partial charge in [0, 0.05) is 13.6 Å². The molecule has 23 heavy (non-hydrogen) atoms. The molecule has 9 heteroatoms. The molecule has 1 atom stereocenters. The maximum atomic E-state index is 12.2. The number of carbonyl (C=O) groups excluding carboxylic acids is 1. The SMILES string of the molecule is CN(Cc1ccc(OC(F)(F)F)cc1)C(=O)C1CCS(=O)(=O)C1. The van der Waals surface area contributed by atoms with Crippen molar-refractivity contribution in [3.63, 3.8) is 0 Å². The maximum absolute atomic E-state index is 12.2. The lowest BCUT2D eigenvalue weighted by Gasteiger charge is -2.20. The molecular formula is C14H16F3NO4S. The maximum Gasteiger partial charge on any atom is 0.573 e. The summed E-state index contributed by atoms with van der Waals surface area (Å²) in [4.78, 5) is 13.6. The van der Waals surface area contributed by atoms with Crippen molar-refractivity contribution in [1.82, 2.24) is 4.90 Å². The van der Waals surface area contributed by atoms with Gasteiger partial charge in [-0.3, -0.25) is 4.79 Å². The van der Waals surface area contributed by atoms with E-state index in [2.05, 4.69) is 4.74 Å². The van der Waals surface area contributed by atoms with Crippen molar-refractivity contribution in [2.24, 2.45) is 5.92 Å². The van der Waals surface area contributed by atoms with Gasteiger partial charge in [0.05, 0.1) is 17.4 Å². The highest BCUT2D eigenvalue weighted by Gasteiger charge is 2.34. The Balaban J connectivity index is 1.95. The molecule has 0 N–H and O–H groups in total. The minimum atomic E-state index is -4.75. The van der Waals surface area contributed by atoms with Gasteiger partial charge in [0.2, 0.25) is 5.91 Å². The second-order valence-corrected chi connectivity index (χ2v) is 7.71. The predicted molar refractivity (Wildman–Crippen MR) is 76.4 cm³/mol. The molecule has 1 heterocycles. The lowest BCUT2D eigenvalue weighted by molar-refractivity contribution is -0.274. The molecule has 1 aliphatic rings. The van der Waals surface area contributed by atoms with E-state index in [1.54, 1.807) is 0 Å². The van der Waals surface area contributed by atoms with E-state index in [1.807, 2.05) is 0 Å². The molecule has 0 radical (unpaired) electrons. The van der Waals surface area contributed by atoms with Crippen LogP contribution in [0.4, 0.5) is 13.2 Å². The first-order valence-corrected chi connectivity index (χ1v) is 8.68. The van der Waals surface area contributed by atoms with E-state index in [9.17, 15) is 26.4 Å². The fourth-order valence-electron chi connectivity index (χ4n) is 2.45. The van der Waals surface area contributed by atoms with Gasteiger partial charge in [0.1, 0.15) is 5.75 Å². The molecule has 0 aliphatic carbocycles. The fraction of sp³-hybridized carbons (Fsp3) is 0.500. The molecule has 1 aromatic rings. The van der Waals surface area contributed by atoms with Gasteiger partial charge in [-0.05, 0) is 24.1 Å². The van der Waals surface area contributed by atoms with Crippen molar-refractivity contribution in [3.05, 3.63) is 29.8 Å². The lowest BCUT2D eigenvalue weighted by Crippen LogP contribution is -2.33. The van der Waals surface area contributed by atoms with E-state index in [4.69, 9.17) is 0 Å². The zero-order valence-corrected chi connectivity index (χ0v) is 13.2. The highest BCUT2D eigenvalue weighted by molar-refractivity contribution is 7.91. The highest BCUT2D eigenvalue weighted by atomic mass is 32.2. The number of amides is 1. The molecule has 0 spiro atoms. The van der Waals surface area contributed by atoms with Crippen LogP contribution in [-0.4, -0.2) is 44.1 Å². The van der Waals surface area contributed by atoms with Crippen LogP contribution in [0.3, 0.4) is 0 Å². The Morgan fingerprint density at radius 3 is 2.39 bits per heavy atom. The summed E-state index contributed by atoms with van der Waals surface area (Å²) in [5.74, 6) is -1.29. The first kappa shape index (κ1) is 17.6. The fourth-order valence-corrected chi connectivity index (χ4v) is 4.18. The Bertz CT molecular complexity index is 670. The monoisotopic (exact) mass is 351 g/mol. The third-order valence-corrected chi connectivity index (χ3v) is 5.30. The Morgan fingerprint density at radius 1 is 1.30 bits per heavy atom. The van der Waals surface area contributed by atoms with Crippen molar-refractivity contribution in [2.45, 2.75) is 19.3 Å². The average Bonchev–Trinajstić information content (AvgIpc) is 2.78. The van der Waals surface area contributed by atoms with E-state index < -0.39 is 22.1 Å². The molecule has 2 rings (SSSR count). The number of nitrogens with zero attached hydrogens (tertiary/aromatic N) is 1. The molecule has 1 aliphatic heterocycles. The third kappa shape index (κ3) is 5.12. The van der Waals surface area contributed by atoms with Gasteiger partial charge in [-0.1, -0.05) is 12.1 Å². The zero-order chi connectivity index (χ0) is 17.3. The topological polar surface area (TPSA) is 63.7 Å². The van der Waals surface area contributed by atoms with Crippen molar-refractivity contribution >= 4 is 15.7 Å². The summed E-state index contributed by atoms with van der Waals surface area (Å²) in [5, 5.41) is 0. The number of benzene rings is 1. The Morgan fingerprint density at radius 2 is 1.91 bits per heavy atom. The average molecular weight is 351 g/mol. The van der Waals surface area contributed by atoms with Gasteiger partial charge >= 0.3 is 6.36 Å². The molecule has 1 amide bonds. The van der Waals surface area contributed by atoms with Gasteiger partial charge < -0.3 is 9.64 Å². The standard InChI is InChI=1S/C14H16F3NO4S/c1-18(13(19)11-6-7-23(20,21)9-11)8-10-2-4-12(5-3-10)22-14(15,16)17/h2-5,11H,6-9H2,1H3. The summed E-state index contributed by atoms with van der Waals surface area (Å²) in [6.45, 7) is 0.182. The summed E-state index contributed by atoms with van der Waals surface area (Å²) in [5.41, 5.74) is 0.622. The second kappa shape index (κ2) is 6.38. The van der Waals surface area contributed by atoms with Crippen LogP contribution in [0.25, 0.3) is 0 Å². The van der Waals surface area contributed by atoms with Crippen LogP contribution in [-0.2, 0) is 21.2 Å². The summed E-state index contributed by atoms with van der Waals surface area (Å²) >= 11 is 0. The van der Waals surface area contributed by atoms with Gasteiger partial charge in [-0.2, -0.15) is 0 Å². The lowest BCUT2D eigenvalue weighted by atomic mass is 10.1. The molecule has 0 bridgehead atoms. The number of hydrogen-bond donors (Lipinski definition) is 0. The normalized spacial score (nSPS) is 20.3. The van der Waals surface area contributed by atoms with Gasteiger partial charge in [0.15, 0.2) is 9.84 Å². The highest BCUT2D eigenvalue weighted by Crippen LogP contribution is 2.24. The molecule has 0 aromatic heterocycles. The molecule has 1 unspecified atom stereocenters. The summed E-state index contributed by atoms with van der Waals surface area (Å²) < 4.78 is 62.8. The number of ether oxygens (including phenoxy) is 1. The van der Waals surface area contributed by atoms with Crippen molar-refractivity contribution in [3.8, 4) is 5.75 Å². The van der Waals surface area contributed by atoms with Gasteiger partial charge in [-0.25, -0.2) is 8.42 Å². The first-order valence-electron chi connectivity index (χ1n) is 6.86. The summed E-state index contributed by atoms with van der Waals surface area (Å²) in [6.07, 6.45) is -4.44. The molecule has 1 fully saturated rings. The van der Waals surface area contributed by atoms with E-state index in [0.717, 1.165) is 0 Å². The van der Waals surface area contributed by atoms with Crippen LogP contribution in [0.15, 0.2) is 24.3 Å². The number of carbonyl (C=O) groups is 1. The van der Waals surface area contributed by atoms with E-state index >= 15 is 0 Å². The summed E-state index contributed by atoms with van der Waals surface area (Å²) in [7, 11) is -1.61. The van der Waals surface area contributed by atoms with Crippen LogP contribution < -0.4 is 4.74 Å². The van der Waals surface area contributed by atoms with Crippen LogP contribution in [0.1, 0.15) is 12.0 Å². The molecule has 5 nitrogen and oxygen atoms in total. The van der Waals surface area contributed by atoms with Crippen LogP contribution in [0, 0.1) is 5.92 Å². The largest absolute Gasteiger partial charge is 0.573 e. The zero-order valence-electron chi connectivity index (χ0n) is 12.3. The molecular weight excluding hydrogens is 335 g/mol. The third-order valence-electron chi connectivity index (χ3n) is 3.53. The quantitative estimate of drug-likeness (QED) is 0.832. The number of sulfone groups is 1. The first-order chi connectivity index (χ1) is 10.6. The van der Waals surface area contributed by atoms with E-state index in [-0.39, 0.29) is 29.7 Å². The van der Waals surface area contributed by atoms with Crippen LogP contribution in [0.2, 0.25) is 0 Å². The number of alkyl halides is 3. The molecule has 0 saturated carbocycles. The van der Waals surface area contributed by atoms with Crippen LogP contribution in [0.5, 0.6) is 5.75 Å². The number of halogens is 3. The van der Waals surface area contributed by atoms with Gasteiger partial charge in [-0.15, -0.1) is 13.2 Å². The Hall–Kier alpha value is -1.77.